The molecule has 1 aromatic heterocycles. The molecule has 1 aliphatic carbocycles. The fourth-order valence-electron chi connectivity index (χ4n) is 2.37. The van der Waals surface area contributed by atoms with Crippen LogP contribution in [0.15, 0.2) is 18.3 Å². The van der Waals surface area contributed by atoms with Crippen molar-refractivity contribution in [2.45, 2.75) is 37.7 Å². The van der Waals surface area contributed by atoms with Crippen LogP contribution < -0.4 is 10.1 Å². The summed E-state index contributed by atoms with van der Waals surface area (Å²) in [6, 6.07) is 2.91. The van der Waals surface area contributed by atoms with E-state index < -0.39 is 24.5 Å². The summed E-state index contributed by atoms with van der Waals surface area (Å²) < 4.78 is 29.2. The molecule has 1 amide bonds. The molecule has 1 aliphatic rings. The molecule has 1 saturated carbocycles. The SMILES string of the molecule is O=C(NCC1(O)CCCC1)c1ncccc1OCC(F)F. The molecule has 116 valence electrons. The molecular weight excluding hydrogens is 282 g/mol. The fourth-order valence-corrected chi connectivity index (χ4v) is 2.37. The van der Waals surface area contributed by atoms with Gasteiger partial charge in [0.05, 0.1) is 5.60 Å². The van der Waals surface area contributed by atoms with Crippen molar-refractivity contribution in [3.8, 4) is 5.75 Å². The lowest BCUT2D eigenvalue weighted by Gasteiger charge is -2.22. The molecule has 0 saturated heterocycles. The van der Waals surface area contributed by atoms with Crippen molar-refractivity contribution in [3.63, 3.8) is 0 Å². The fraction of sp³-hybridized carbons (Fsp3) is 0.571. The number of nitrogens with one attached hydrogen (secondary N) is 1. The number of aromatic nitrogens is 1. The summed E-state index contributed by atoms with van der Waals surface area (Å²) in [6.45, 7) is -0.674. The lowest BCUT2D eigenvalue weighted by atomic mass is 10.0. The van der Waals surface area contributed by atoms with Gasteiger partial charge in [-0.15, -0.1) is 0 Å². The van der Waals surface area contributed by atoms with Crippen molar-refractivity contribution in [1.29, 1.82) is 0 Å². The number of aliphatic hydroxyl groups is 1. The Hall–Kier alpha value is -1.76. The van der Waals surface area contributed by atoms with Gasteiger partial charge in [-0.3, -0.25) is 4.79 Å². The number of carbonyl (C=O) groups is 1. The highest BCUT2D eigenvalue weighted by Crippen LogP contribution is 2.28. The van der Waals surface area contributed by atoms with Gasteiger partial charge in [-0.2, -0.15) is 0 Å². The van der Waals surface area contributed by atoms with Gasteiger partial charge in [0.25, 0.3) is 12.3 Å². The molecule has 1 aromatic rings. The second-order valence-corrected chi connectivity index (χ2v) is 5.17. The molecule has 2 rings (SSSR count). The number of amides is 1. The minimum absolute atomic E-state index is 0.00807. The minimum Gasteiger partial charge on any atom is -0.485 e. The van der Waals surface area contributed by atoms with Gasteiger partial charge >= 0.3 is 0 Å². The molecular formula is C14H18F2N2O3. The Morgan fingerprint density at radius 1 is 1.48 bits per heavy atom. The van der Waals surface area contributed by atoms with E-state index in [1.807, 2.05) is 0 Å². The van der Waals surface area contributed by atoms with Crippen LogP contribution in [0.25, 0.3) is 0 Å². The monoisotopic (exact) mass is 300 g/mol. The molecule has 5 nitrogen and oxygen atoms in total. The number of alkyl halides is 2. The van der Waals surface area contributed by atoms with E-state index in [1.165, 1.54) is 18.3 Å². The number of carbonyl (C=O) groups excluding carboxylic acids is 1. The van der Waals surface area contributed by atoms with Crippen LogP contribution in [0.5, 0.6) is 5.75 Å². The number of halogens is 2. The van der Waals surface area contributed by atoms with E-state index in [1.54, 1.807) is 0 Å². The standard InChI is InChI=1S/C14H18F2N2O3/c15-11(16)8-21-10-4-3-7-17-12(10)13(19)18-9-14(20)5-1-2-6-14/h3-4,7,11,20H,1-2,5-6,8-9H2,(H,18,19). The van der Waals surface area contributed by atoms with Gasteiger partial charge in [0.2, 0.25) is 0 Å². The van der Waals surface area contributed by atoms with Crippen LogP contribution >= 0.6 is 0 Å². The smallest absolute Gasteiger partial charge is 0.273 e. The second-order valence-electron chi connectivity index (χ2n) is 5.17. The summed E-state index contributed by atoms with van der Waals surface area (Å²) in [5, 5.41) is 12.8. The van der Waals surface area contributed by atoms with E-state index in [0.29, 0.717) is 12.8 Å². The van der Waals surface area contributed by atoms with Crippen molar-refractivity contribution >= 4 is 5.91 Å². The number of ether oxygens (including phenoxy) is 1. The van der Waals surface area contributed by atoms with Gasteiger partial charge in [0.1, 0.15) is 6.61 Å². The number of hydrogen-bond acceptors (Lipinski definition) is 4. The van der Waals surface area contributed by atoms with Gasteiger partial charge in [-0.1, -0.05) is 12.8 Å². The molecule has 7 heteroatoms. The molecule has 0 bridgehead atoms. The zero-order chi connectivity index (χ0) is 15.3. The van der Waals surface area contributed by atoms with Crippen molar-refractivity contribution < 1.29 is 23.4 Å². The number of pyridine rings is 1. The Kier molecular flexibility index (Phi) is 5.06. The van der Waals surface area contributed by atoms with Crippen LogP contribution in [-0.2, 0) is 0 Å². The van der Waals surface area contributed by atoms with Crippen LogP contribution in [0, 0.1) is 0 Å². The van der Waals surface area contributed by atoms with E-state index in [2.05, 4.69) is 10.3 Å². The van der Waals surface area contributed by atoms with E-state index >= 15 is 0 Å². The lowest BCUT2D eigenvalue weighted by molar-refractivity contribution is 0.0446. The summed E-state index contributed by atoms with van der Waals surface area (Å²) in [6.07, 6.45) is 1.90. The Morgan fingerprint density at radius 2 is 2.19 bits per heavy atom. The molecule has 21 heavy (non-hydrogen) atoms. The topological polar surface area (TPSA) is 71.5 Å². The molecule has 0 spiro atoms. The molecule has 0 aromatic carbocycles. The number of nitrogens with zero attached hydrogens (tertiary/aromatic N) is 1. The third-order valence-electron chi connectivity index (χ3n) is 3.46. The van der Waals surface area contributed by atoms with Gasteiger partial charge in [0.15, 0.2) is 11.4 Å². The van der Waals surface area contributed by atoms with E-state index in [-0.39, 0.29) is 18.0 Å². The van der Waals surface area contributed by atoms with Crippen LogP contribution in [0.3, 0.4) is 0 Å². The molecule has 0 aliphatic heterocycles. The van der Waals surface area contributed by atoms with Crippen molar-refractivity contribution in [3.05, 3.63) is 24.0 Å². The summed E-state index contributed by atoms with van der Waals surface area (Å²) in [7, 11) is 0. The first kappa shape index (κ1) is 15.6. The van der Waals surface area contributed by atoms with Gasteiger partial charge < -0.3 is 15.2 Å². The summed E-state index contributed by atoms with van der Waals surface area (Å²) in [4.78, 5) is 15.9. The summed E-state index contributed by atoms with van der Waals surface area (Å²) >= 11 is 0. The van der Waals surface area contributed by atoms with Crippen LogP contribution in [-0.4, -0.2) is 41.2 Å². The highest BCUT2D eigenvalue weighted by atomic mass is 19.3. The third-order valence-corrected chi connectivity index (χ3v) is 3.46. The number of hydrogen-bond donors (Lipinski definition) is 2. The van der Waals surface area contributed by atoms with Crippen molar-refractivity contribution in [2.75, 3.05) is 13.2 Å². The molecule has 1 fully saturated rings. The molecule has 0 unspecified atom stereocenters. The highest BCUT2D eigenvalue weighted by molar-refractivity contribution is 5.94. The zero-order valence-electron chi connectivity index (χ0n) is 11.5. The quantitative estimate of drug-likeness (QED) is 0.840. The first-order chi connectivity index (χ1) is 10.0. The Balaban J connectivity index is 1.98. The van der Waals surface area contributed by atoms with Crippen LogP contribution in [0.4, 0.5) is 8.78 Å². The summed E-state index contributed by atoms with van der Waals surface area (Å²) in [5.74, 6) is -0.533. The van der Waals surface area contributed by atoms with E-state index in [4.69, 9.17) is 4.74 Å². The Labute approximate surface area is 121 Å². The van der Waals surface area contributed by atoms with Crippen molar-refractivity contribution in [1.82, 2.24) is 10.3 Å². The van der Waals surface area contributed by atoms with Gasteiger partial charge in [-0.25, -0.2) is 13.8 Å². The van der Waals surface area contributed by atoms with Crippen molar-refractivity contribution in [2.24, 2.45) is 0 Å². The maximum atomic E-state index is 12.2. The highest BCUT2D eigenvalue weighted by Gasteiger charge is 2.31. The molecule has 0 atom stereocenters. The first-order valence-electron chi connectivity index (χ1n) is 6.87. The van der Waals surface area contributed by atoms with Crippen LogP contribution in [0.2, 0.25) is 0 Å². The summed E-state index contributed by atoms with van der Waals surface area (Å²) in [5.41, 5.74) is -0.936. The zero-order valence-corrected chi connectivity index (χ0v) is 11.5. The average molecular weight is 300 g/mol. The van der Waals surface area contributed by atoms with Crippen LogP contribution in [0.1, 0.15) is 36.2 Å². The number of rotatable bonds is 6. The molecule has 1 heterocycles. The predicted octanol–water partition coefficient (Wildman–Crippen LogP) is 1.76. The minimum atomic E-state index is -2.62. The Bertz CT molecular complexity index is 491. The largest absolute Gasteiger partial charge is 0.485 e. The van der Waals surface area contributed by atoms with Gasteiger partial charge in [-0.05, 0) is 25.0 Å². The maximum absolute atomic E-state index is 12.2. The normalized spacial score (nSPS) is 17.0. The van der Waals surface area contributed by atoms with E-state index in [9.17, 15) is 18.7 Å². The lowest BCUT2D eigenvalue weighted by Crippen LogP contribution is -2.41. The predicted molar refractivity (Wildman–Crippen MR) is 71.5 cm³/mol. The van der Waals surface area contributed by atoms with E-state index in [0.717, 1.165) is 12.8 Å². The van der Waals surface area contributed by atoms with Gasteiger partial charge in [0, 0.05) is 12.7 Å². The second kappa shape index (κ2) is 6.80. The average Bonchev–Trinajstić information content (AvgIpc) is 2.90. The molecule has 0 radical (unpaired) electrons. The first-order valence-corrected chi connectivity index (χ1v) is 6.87. The maximum Gasteiger partial charge on any atom is 0.273 e. The Morgan fingerprint density at radius 3 is 2.86 bits per heavy atom. The molecule has 2 N–H and O–H groups in total. The third kappa shape index (κ3) is 4.35.